The summed E-state index contributed by atoms with van der Waals surface area (Å²) in [6.07, 6.45) is 3.13. The van der Waals surface area contributed by atoms with Gasteiger partial charge in [-0.1, -0.05) is 35.9 Å². The molecule has 2 saturated heterocycles. The van der Waals surface area contributed by atoms with Crippen molar-refractivity contribution in [3.8, 4) is 0 Å². The number of likely N-dealkylation sites (tertiary alicyclic amines) is 1. The number of benzene rings is 2. The summed E-state index contributed by atoms with van der Waals surface area (Å²) >= 11 is 0. The second kappa shape index (κ2) is 6.76. The van der Waals surface area contributed by atoms with Crippen LogP contribution in [0.25, 0.3) is 11.0 Å². The van der Waals surface area contributed by atoms with Gasteiger partial charge in [0.2, 0.25) is 0 Å². The van der Waals surface area contributed by atoms with Gasteiger partial charge in [-0.3, -0.25) is 9.59 Å². The molecule has 148 valence electrons. The van der Waals surface area contributed by atoms with Crippen LogP contribution in [0.15, 0.2) is 59.0 Å². The maximum atomic E-state index is 13.7. The Labute approximate surface area is 169 Å². The van der Waals surface area contributed by atoms with Crippen LogP contribution >= 0.6 is 0 Å². The van der Waals surface area contributed by atoms with Crippen molar-refractivity contribution in [1.82, 2.24) is 4.90 Å². The second-order valence-electron chi connectivity index (χ2n) is 8.14. The summed E-state index contributed by atoms with van der Waals surface area (Å²) in [4.78, 5) is 30.7. The molecule has 0 N–H and O–H groups in total. The Bertz CT molecular complexity index is 1050. The van der Waals surface area contributed by atoms with E-state index in [-0.39, 0.29) is 11.8 Å². The Hall–Kier alpha value is -3.08. The minimum absolute atomic E-state index is 0.0366. The first-order chi connectivity index (χ1) is 14.1. The lowest BCUT2D eigenvalue weighted by molar-refractivity contribution is -0.130. The molecule has 0 bridgehead atoms. The minimum Gasteiger partial charge on any atom is -0.451 e. The molecular weight excluding hydrogens is 364 g/mol. The van der Waals surface area contributed by atoms with Crippen molar-refractivity contribution >= 4 is 28.5 Å². The monoisotopic (exact) mass is 388 g/mol. The van der Waals surface area contributed by atoms with Gasteiger partial charge in [0.1, 0.15) is 11.1 Å². The van der Waals surface area contributed by atoms with Gasteiger partial charge >= 0.3 is 0 Å². The van der Waals surface area contributed by atoms with Crippen LogP contribution in [0.1, 0.15) is 41.8 Å². The van der Waals surface area contributed by atoms with Gasteiger partial charge in [-0.05, 0) is 56.9 Å². The van der Waals surface area contributed by atoms with Gasteiger partial charge < -0.3 is 14.2 Å². The van der Waals surface area contributed by atoms with Crippen LogP contribution in [-0.4, -0.2) is 35.3 Å². The first-order valence-corrected chi connectivity index (χ1v) is 10.3. The molecule has 3 aromatic rings. The number of furan rings is 1. The van der Waals surface area contributed by atoms with Gasteiger partial charge in [-0.25, -0.2) is 0 Å². The van der Waals surface area contributed by atoms with Crippen LogP contribution in [-0.2, 0) is 4.79 Å². The van der Waals surface area contributed by atoms with Gasteiger partial charge in [0, 0.05) is 24.2 Å². The molecule has 1 spiro atoms. The molecule has 1 aromatic heterocycles. The summed E-state index contributed by atoms with van der Waals surface area (Å²) in [7, 11) is 0. The highest BCUT2D eigenvalue weighted by Crippen LogP contribution is 2.41. The molecule has 2 aromatic carbocycles. The van der Waals surface area contributed by atoms with Crippen LogP contribution < -0.4 is 4.90 Å². The van der Waals surface area contributed by atoms with Crippen LogP contribution in [0.5, 0.6) is 0 Å². The number of para-hydroxylation sites is 1. The Kier molecular flexibility index (Phi) is 4.19. The number of rotatable bonds is 2. The summed E-state index contributed by atoms with van der Waals surface area (Å²) in [5.41, 5.74) is 2.00. The number of fused-ring (bicyclic) bond motifs is 1. The van der Waals surface area contributed by atoms with Crippen LogP contribution in [0.3, 0.4) is 0 Å². The number of nitrogens with zero attached hydrogens (tertiary/aromatic N) is 2. The molecular formula is C24H24N2O3. The Morgan fingerprint density at radius 2 is 1.72 bits per heavy atom. The Balaban J connectivity index is 1.48. The van der Waals surface area contributed by atoms with Crippen molar-refractivity contribution in [3.63, 3.8) is 0 Å². The maximum absolute atomic E-state index is 13.7. The SMILES string of the molecule is Cc1ccc(N2CCCC3(CCCN3C(=O)c3cc4ccccc4o3)C2=O)cc1. The average Bonchev–Trinajstić information content (AvgIpc) is 3.35. The van der Waals surface area contributed by atoms with Gasteiger partial charge in [0.05, 0.1) is 0 Å². The zero-order valence-electron chi connectivity index (χ0n) is 16.6. The lowest BCUT2D eigenvalue weighted by atomic mass is 9.85. The average molecular weight is 388 g/mol. The molecule has 1 unspecified atom stereocenters. The molecule has 2 fully saturated rings. The number of carbonyl (C=O) groups is 2. The number of hydrogen-bond acceptors (Lipinski definition) is 3. The van der Waals surface area contributed by atoms with Gasteiger partial charge in [0.15, 0.2) is 5.76 Å². The standard InChI is InChI=1S/C24H24N2O3/c1-17-8-10-19(11-9-17)25-14-4-12-24(23(25)28)13-5-15-26(24)22(27)21-16-18-6-2-3-7-20(18)29-21/h2-3,6-11,16H,4-5,12-15H2,1H3. The van der Waals surface area contributed by atoms with Crippen molar-refractivity contribution in [2.75, 3.05) is 18.0 Å². The van der Waals surface area contributed by atoms with Crippen molar-refractivity contribution in [2.24, 2.45) is 0 Å². The molecule has 5 nitrogen and oxygen atoms in total. The molecule has 3 heterocycles. The van der Waals surface area contributed by atoms with E-state index in [4.69, 9.17) is 4.42 Å². The van der Waals surface area contributed by atoms with Crippen LogP contribution in [0.2, 0.25) is 0 Å². The lowest BCUT2D eigenvalue weighted by Crippen LogP contribution is -2.61. The number of aryl methyl sites for hydroxylation is 1. The predicted octanol–water partition coefficient (Wildman–Crippen LogP) is 4.54. The van der Waals surface area contributed by atoms with E-state index in [0.29, 0.717) is 37.3 Å². The fourth-order valence-corrected chi connectivity index (χ4v) is 4.84. The van der Waals surface area contributed by atoms with E-state index < -0.39 is 5.54 Å². The number of hydrogen-bond donors (Lipinski definition) is 0. The van der Waals surface area contributed by atoms with E-state index in [9.17, 15) is 9.59 Å². The third kappa shape index (κ3) is 2.84. The van der Waals surface area contributed by atoms with Crippen molar-refractivity contribution in [3.05, 3.63) is 65.9 Å². The van der Waals surface area contributed by atoms with Crippen LogP contribution in [0.4, 0.5) is 5.69 Å². The highest BCUT2D eigenvalue weighted by molar-refractivity contribution is 6.06. The predicted molar refractivity (Wildman–Crippen MR) is 112 cm³/mol. The van der Waals surface area contributed by atoms with Gasteiger partial charge in [0.25, 0.3) is 11.8 Å². The van der Waals surface area contributed by atoms with Gasteiger partial charge in [-0.2, -0.15) is 0 Å². The van der Waals surface area contributed by atoms with E-state index in [2.05, 4.69) is 0 Å². The highest BCUT2D eigenvalue weighted by Gasteiger charge is 2.53. The maximum Gasteiger partial charge on any atom is 0.290 e. The molecule has 0 saturated carbocycles. The summed E-state index contributed by atoms with van der Waals surface area (Å²) in [5.74, 6) is 0.167. The summed E-state index contributed by atoms with van der Waals surface area (Å²) < 4.78 is 5.82. The molecule has 2 aliphatic heterocycles. The number of piperidine rings is 1. The largest absolute Gasteiger partial charge is 0.451 e. The second-order valence-corrected chi connectivity index (χ2v) is 8.14. The molecule has 5 rings (SSSR count). The first-order valence-electron chi connectivity index (χ1n) is 10.3. The normalized spacial score (nSPS) is 22.0. The molecule has 5 heteroatoms. The zero-order valence-corrected chi connectivity index (χ0v) is 16.6. The Morgan fingerprint density at radius 1 is 1.00 bits per heavy atom. The topological polar surface area (TPSA) is 53.8 Å². The van der Waals surface area contributed by atoms with E-state index in [1.165, 1.54) is 0 Å². The van der Waals surface area contributed by atoms with E-state index >= 15 is 0 Å². The fraction of sp³-hybridized carbons (Fsp3) is 0.333. The van der Waals surface area contributed by atoms with E-state index in [0.717, 1.165) is 29.5 Å². The first kappa shape index (κ1) is 18.0. The van der Waals surface area contributed by atoms with Crippen molar-refractivity contribution in [2.45, 2.75) is 38.1 Å². The summed E-state index contributed by atoms with van der Waals surface area (Å²) in [6, 6.07) is 17.4. The highest BCUT2D eigenvalue weighted by atomic mass is 16.3. The molecule has 29 heavy (non-hydrogen) atoms. The Morgan fingerprint density at radius 3 is 2.48 bits per heavy atom. The molecule has 1 atom stereocenters. The summed E-state index contributed by atoms with van der Waals surface area (Å²) in [6.45, 7) is 3.31. The third-order valence-corrected chi connectivity index (χ3v) is 6.33. The van der Waals surface area contributed by atoms with Gasteiger partial charge in [-0.15, -0.1) is 0 Å². The smallest absolute Gasteiger partial charge is 0.290 e. The molecule has 0 aliphatic carbocycles. The quantitative estimate of drug-likeness (QED) is 0.647. The fourth-order valence-electron chi connectivity index (χ4n) is 4.84. The number of amides is 2. The molecule has 0 radical (unpaired) electrons. The van der Waals surface area contributed by atoms with Crippen molar-refractivity contribution < 1.29 is 14.0 Å². The third-order valence-electron chi connectivity index (χ3n) is 6.33. The summed E-state index contributed by atoms with van der Waals surface area (Å²) in [5, 5.41) is 0.903. The van der Waals surface area contributed by atoms with E-state index in [1.54, 1.807) is 11.0 Å². The van der Waals surface area contributed by atoms with E-state index in [1.807, 2.05) is 60.4 Å². The minimum atomic E-state index is -0.765. The zero-order chi connectivity index (χ0) is 20.0. The molecule has 2 aliphatic rings. The van der Waals surface area contributed by atoms with Crippen molar-refractivity contribution in [1.29, 1.82) is 0 Å². The van der Waals surface area contributed by atoms with Crippen LogP contribution in [0, 0.1) is 6.92 Å². The molecule has 2 amide bonds. The number of anilines is 1. The lowest BCUT2D eigenvalue weighted by Gasteiger charge is -2.44. The number of carbonyl (C=O) groups excluding carboxylic acids is 2.